The Morgan fingerprint density at radius 2 is 1.82 bits per heavy atom. The lowest BCUT2D eigenvalue weighted by Gasteiger charge is -2.27. The van der Waals surface area contributed by atoms with Gasteiger partial charge < -0.3 is 15.2 Å². The van der Waals surface area contributed by atoms with E-state index in [2.05, 4.69) is 30.5 Å². The molecular weight excluding hydrogens is 780 g/mol. The van der Waals surface area contributed by atoms with E-state index in [4.69, 9.17) is 4.98 Å². The van der Waals surface area contributed by atoms with E-state index in [1.807, 2.05) is 0 Å². The molecule has 12 nitrogen and oxygen atoms in total. The van der Waals surface area contributed by atoms with E-state index in [0.29, 0.717) is 42.6 Å². The maximum atomic E-state index is 15.5. The van der Waals surface area contributed by atoms with Gasteiger partial charge in [-0.1, -0.05) is 35.6 Å². The smallest absolute Gasteiger partial charge is 0.435 e. The van der Waals surface area contributed by atoms with Crippen LogP contribution in [0.2, 0.25) is 0 Å². The molecule has 2 aliphatic carbocycles. The van der Waals surface area contributed by atoms with Crippen LogP contribution in [0, 0.1) is 17.6 Å². The summed E-state index contributed by atoms with van der Waals surface area (Å²) in [4.78, 5) is 23.1. The number of nitrogens with zero attached hydrogens (tertiary/aromatic N) is 6. The van der Waals surface area contributed by atoms with Crippen LogP contribution in [0.15, 0.2) is 54.6 Å². The maximum absolute atomic E-state index is 15.5. The first kappa shape index (κ1) is 36.6. The number of hydrogen-bond acceptors (Lipinski definition) is 9. The van der Waals surface area contributed by atoms with Gasteiger partial charge in [-0.3, -0.25) is 23.1 Å². The van der Waals surface area contributed by atoms with Crippen molar-refractivity contribution >= 4 is 60.7 Å². The number of rotatable bonds is 10. The fourth-order valence-corrected chi connectivity index (χ4v) is 8.42. The van der Waals surface area contributed by atoms with Gasteiger partial charge >= 0.3 is 6.18 Å². The number of amides is 1. The molecule has 1 amide bonds. The largest absolute Gasteiger partial charge is 0.755 e. The third-order valence-corrected chi connectivity index (χ3v) is 10.9. The van der Waals surface area contributed by atoms with E-state index in [9.17, 15) is 35.5 Å². The summed E-state index contributed by atoms with van der Waals surface area (Å²) in [5, 5.41) is 14.2. The van der Waals surface area contributed by atoms with Crippen molar-refractivity contribution in [2.75, 3.05) is 17.1 Å². The van der Waals surface area contributed by atoms with Crippen LogP contribution in [0.1, 0.15) is 40.2 Å². The molecule has 286 valence electrons. The number of pyridine rings is 1. The number of hydrogen-bond donors (Lipinski definition) is 3. The number of carbonyl (C=O) groups is 1. The van der Waals surface area contributed by atoms with Crippen LogP contribution in [0.4, 0.5) is 41.7 Å². The first-order valence-corrected chi connectivity index (χ1v) is 18.2. The molecule has 2 aromatic carbocycles. The molecule has 0 fully saturated rings. The Hall–Kier alpha value is -5.41. The number of alkyl halides is 5. The Bertz CT molecular complexity index is 2580. The van der Waals surface area contributed by atoms with Gasteiger partial charge in [0.2, 0.25) is 5.91 Å². The van der Waals surface area contributed by atoms with Gasteiger partial charge in [-0.05, 0) is 36.2 Å². The van der Waals surface area contributed by atoms with Crippen molar-refractivity contribution in [1.82, 2.24) is 34.8 Å². The Morgan fingerprint density at radius 3 is 2.47 bits per heavy atom. The molecule has 4 aromatic heterocycles. The van der Waals surface area contributed by atoms with E-state index >= 15 is 8.78 Å². The van der Waals surface area contributed by atoms with Crippen LogP contribution in [0.5, 0.6) is 0 Å². The number of para-hydroxylation sites is 1. The summed E-state index contributed by atoms with van der Waals surface area (Å²) in [5.41, 5.74) is -1.75. The van der Waals surface area contributed by atoms with E-state index in [1.54, 1.807) is 38.4 Å². The molecule has 4 heterocycles. The average Bonchev–Trinajstić information content (AvgIpc) is 3.78. The standard InChI is InChI=1S/C34H26F7N9O3S2/c1-42-32-45-31-23(54-32)12-20(17-4-3-5-19-27(17)49(2)47-30(19)48-55(52)53)26(44-31)22(10-14-8-15(35)11-16(36)9-14)43-24(51)13-50-29-25(28(46-50)34(39,40)41)18-6-7-21(18)33(29,37)38/h3-9,11-12,18,21-22H,10,13H2,1-2H3,(H,43,51)(H,47,48)(H,52,53)(H,42,44,45)/p-1/t18-,21+,22-/m0/s1. The highest BCUT2D eigenvalue weighted by molar-refractivity contribution is 7.80. The first-order chi connectivity index (χ1) is 26.0. The number of aromatic nitrogens is 6. The second kappa shape index (κ2) is 13.1. The van der Waals surface area contributed by atoms with Crippen molar-refractivity contribution in [3.8, 4) is 11.1 Å². The van der Waals surface area contributed by atoms with Gasteiger partial charge in [0.05, 0.1) is 27.9 Å². The summed E-state index contributed by atoms with van der Waals surface area (Å²) in [7, 11) is 3.19. The zero-order valence-corrected chi connectivity index (χ0v) is 29.8. The highest BCUT2D eigenvalue weighted by atomic mass is 32.2. The molecule has 1 unspecified atom stereocenters. The van der Waals surface area contributed by atoms with Gasteiger partial charge in [0, 0.05) is 59.4 Å². The molecule has 2 aliphatic rings. The van der Waals surface area contributed by atoms with Gasteiger partial charge in [-0.25, -0.2) is 18.7 Å². The molecule has 0 saturated carbocycles. The maximum Gasteiger partial charge on any atom is 0.435 e. The summed E-state index contributed by atoms with van der Waals surface area (Å²) in [6.07, 6.45) is -3.08. The molecule has 3 N–H and O–H groups in total. The Labute approximate surface area is 311 Å². The molecule has 0 radical (unpaired) electrons. The van der Waals surface area contributed by atoms with Crippen LogP contribution < -0.4 is 15.4 Å². The Balaban J connectivity index is 1.27. The van der Waals surface area contributed by atoms with Crippen molar-refractivity contribution in [3.63, 3.8) is 0 Å². The van der Waals surface area contributed by atoms with Crippen molar-refractivity contribution in [1.29, 1.82) is 0 Å². The summed E-state index contributed by atoms with van der Waals surface area (Å²) < 4.78 is 130. The van der Waals surface area contributed by atoms with E-state index < -0.39 is 82.3 Å². The summed E-state index contributed by atoms with van der Waals surface area (Å²) >= 11 is -1.50. The fraction of sp³-hybridized carbons (Fsp3) is 0.265. The second-order valence-corrected chi connectivity index (χ2v) is 14.7. The van der Waals surface area contributed by atoms with E-state index in [0.717, 1.165) is 18.2 Å². The van der Waals surface area contributed by atoms with Crippen molar-refractivity contribution in [2.24, 2.45) is 13.0 Å². The number of anilines is 2. The molecule has 55 heavy (non-hydrogen) atoms. The molecule has 0 bridgehead atoms. The number of nitrogens with one attached hydrogen (secondary N) is 3. The summed E-state index contributed by atoms with van der Waals surface area (Å²) in [6.45, 7) is -1.07. The van der Waals surface area contributed by atoms with Gasteiger partial charge in [-0.2, -0.15) is 32.1 Å². The predicted molar refractivity (Wildman–Crippen MR) is 187 cm³/mol. The Kier molecular flexibility index (Phi) is 8.72. The number of allylic oxidation sites excluding steroid dienone is 2. The number of aryl methyl sites for hydroxylation is 1. The van der Waals surface area contributed by atoms with Crippen LogP contribution in [0.3, 0.4) is 0 Å². The molecular formula is C34H25F7N9O3S2-. The topological polar surface area (TPSA) is 155 Å². The monoisotopic (exact) mass is 804 g/mol. The lowest BCUT2D eigenvalue weighted by Crippen LogP contribution is -2.36. The second-order valence-electron chi connectivity index (χ2n) is 13.0. The highest BCUT2D eigenvalue weighted by Gasteiger charge is 2.61. The number of carbonyl (C=O) groups excluding carboxylic acids is 1. The third-order valence-electron chi connectivity index (χ3n) is 9.52. The minimum absolute atomic E-state index is 0.00374. The minimum atomic E-state index is -5.09. The van der Waals surface area contributed by atoms with Gasteiger partial charge in [0.25, 0.3) is 5.92 Å². The fourth-order valence-electron chi connectivity index (χ4n) is 7.31. The van der Waals surface area contributed by atoms with E-state index in [1.165, 1.54) is 22.1 Å². The SMILES string of the molecule is CNc1nc2nc([C@H](Cc3cc(F)cc(F)c3)NC(=O)Cn3nc(C(F)(F)F)c4c3C(F)(F)[C@@H]3C=C[C@H]43)c(-c3cccc4c(NS(=O)[O-])nn(C)c34)cc2s1. The number of fused-ring (bicyclic) bond motifs is 5. The van der Waals surface area contributed by atoms with Crippen LogP contribution >= 0.6 is 11.3 Å². The molecule has 0 saturated heterocycles. The van der Waals surface area contributed by atoms with Crippen LogP contribution in [0.25, 0.3) is 32.4 Å². The molecule has 6 aromatic rings. The summed E-state index contributed by atoms with van der Waals surface area (Å²) in [5.74, 6) is -9.44. The molecule has 8 rings (SSSR count). The summed E-state index contributed by atoms with van der Waals surface area (Å²) in [6, 6.07) is 7.96. The number of thiazole rings is 1. The van der Waals surface area contributed by atoms with Crippen LogP contribution in [-0.4, -0.2) is 51.2 Å². The predicted octanol–water partition coefficient (Wildman–Crippen LogP) is 6.46. The molecule has 4 atom stereocenters. The normalized spacial score (nSPS) is 18.2. The van der Waals surface area contributed by atoms with Crippen molar-refractivity contribution in [2.45, 2.75) is 37.0 Å². The van der Waals surface area contributed by atoms with Gasteiger partial charge in [0.15, 0.2) is 22.3 Å². The molecule has 0 spiro atoms. The first-order valence-electron chi connectivity index (χ1n) is 16.3. The third kappa shape index (κ3) is 6.28. The zero-order chi connectivity index (χ0) is 39.1. The zero-order valence-electron chi connectivity index (χ0n) is 28.2. The number of benzene rings is 2. The molecule has 21 heteroatoms. The highest BCUT2D eigenvalue weighted by Crippen LogP contribution is 2.60. The Morgan fingerprint density at radius 1 is 1.07 bits per heavy atom. The van der Waals surface area contributed by atoms with Gasteiger partial charge in [-0.15, -0.1) is 0 Å². The molecule has 0 aliphatic heterocycles. The van der Waals surface area contributed by atoms with Crippen molar-refractivity contribution in [3.05, 3.63) is 94.5 Å². The van der Waals surface area contributed by atoms with Crippen LogP contribution in [-0.2, 0) is 48.2 Å². The van der Waals surface area contributed by atoms with E-state index in [-0.39, 0.29) is 29.1 Å². The van der Waals surface area contributed by atoms with Crippen molar-refractivity contribution < 1.29 is 44.3 Å². The lowest BCUT2D eigenvalue weighted by molar-refractivity contribution is -0.142. The van der Waals surface area contributed by atoms with Gasteiger partial charge in [0.1, 0.15) is 23.9 Å². The minimum Gasteiger partial charge on any atom is -0.755 e. The quantitative estimate of drug-likeness (QED) is 0.0810. The number of halogens is 7. The average molecular weight is 805 g/mol. The lowest BCUT2D eigenvalue weighted by atomic mass is 9.81.